The molecule has 8 unspecified atom stereocenters. The van der Waals surface area contributed by atoms with E-state index in [2.05, 4.69) is 33.1 Å². The summed E-state index contributed by atoms with van der Waals surface area (Å²) in [6.45, 7) is 11.3. The SMILES string of the molecule is C/C(=N\CCON(C)CC1CCCN1)C1CCC2C3CCC4CCCCC4(C)C3CCC12C. The summed E-state index contributed by atoms with van der Waals surface area (Å²) in [4.78, 5) is 11.0. The monoisotopic (exact) mass is 457 g/mol. The Morgan fingerprint density at radius 2 is 1.79 bits per heavy atom. The average molecular weight is 458 g/mol. The molecule has 4 heteroatoms. The molecular formula is C29H51N3O. The largest absolute Gasteiger partial charge is 0.313 e. The molecule has 0 bridgehead atoms. The molecule has 188 valence electrons. The smallest absolute Gasteiger partial charge is 0.0880 e. The standard InChI is InChI=1S/C29H51N3O/c1-21(30-18-19-33-32(4)20-23-9-7-17-31-23)25-12-13-26-24-11-10-22-8-5-6-15-28(22,2)27(24)14-16-29(25,26)3/h22-27,31H,5-20H2,1-4H3/b30-21+. The Kier molecular flexibility index (Phi) is 7.27. The van der Waals surface area contributed by atoms with Gasteiger partial charge in [-0.2, -0.15) is 5.06 Å². The second kappa shape index (κ2) is 9.90. The Balaban J connectivity index is 1.17. The number of hydroxylamine groups is 2. The van der Waals surface area contributed by atoms with Gasteiger partial charge in [-0.3, -0.25) is 9.83 Å². The molecule has 0 aromatic carbocycles. The summed E-state index contributed by atoms with van der Waals surface area (Å²) >= 11 is 0. The van der Waals surface area contributed by atoms with Crippen molar-refractivity contribution >= 4 is 5.71 Å². The molecule has 1 aliphatic heterocycles. The highest BCUT2D eigenvalue weighted by atomic mass is 16.7. The highest BCUT2D eigenvalue weighted by molar-refractivity contribution is 5.85. The van der Waals surface area contributed by atoms with Gasteiger partial charge in [-0.15, -0.1) is 0 Å². The quantitative estimate of drug-likeness (QED) is 0.285. The number of hydrogen-bond acceptors (Lipinski definition) is 4. The number of nitrogens with one attached hydrogen (secondary N) is 1. The van der Waals surface area contributed by atoms with E-state index < -0.39 is 0 Å². The Hall–Kier alpha value is -0.450. The van der Waals surface area contributed by atoms with Gasteiger partial charge < -0.3 is 5.32 Å². The maximum atomic E-state index is 5.97. The van der Waals surface area contributed by atoms with Gasteiger partial charge in [-0.05, 0) is 112 Å². The highest BCUT2D eigenvalue weighted by Crippen LogP contribution is 2.67. The molecule has 8 atom stereocenters. The maximum absolute atomic E-state index is 5.97. The molecule has 4 nitrogen and oxygen atoms in total. The number of likely N-dealkylation sites (N-methyl/N-ethyl adjacent to an activating group) is 1. The molecule has 1 saturated heterocycles. The van der Waals surface area contributed by atoms with E-state index in [4.69, 9.17) is 9.83 Å². The van der Waals surface area contributed by atoms with Crippen molar-refractivity contribution in [3.05, 3.63) is 0 Å². The second-order valence-electron chi connectivity index (χ2n) is 13.0. The first-order valence-corrected chi connectivity index (χ1v) is 14.5. The Bertz CT molecular complexity index is 703. The van der Waals surface area contributed by atoms with Crippen molar-refractivity contribution in [1.82, 2.24) is 10.4 Å². The lowest BCUT2D eigenvalue weighted by Crippen LogP contribution is -2.53. The summed E-state index contributed by atoms with van der Waals surface area (Å²) in [5.41, 5.74) is 2.55. The van der Waals surface area contributed by atoms with Crippen LogP contribution in [0.25, 0.3) is 0 Å². The van der Waals surface area contributed by atoms with Crippen LogP contribution in [0.3, 0.4) is 0 Å². The third-order valence-corrected chi connectivity index (χ3v) is 11.5. The van der Waals surface area contributed by atoms with Crippen molar-refractivity contribution < 1.29 is 4.84 Å². The first-order chi connectivity index (χ1) is 15.9. The molecule has 5 rings (SSSR count). The molecule has 0 amide bonds. The normalized spacial score (nSPS) is 45.7. The van der Waals surface area contributed by atoms with Gasteiger partial charge in [0.1, 0.15) is 0 Å². The van der Waals surface area contributed by atoms with E-state index in [1.54, 1.807) is 0 Å². The van der Waals surface area contributed by atoms with Gasteiger partial charge in [0.05, 0.1) is 13.2 Å². The summed E-state index contributed by atoms with van der Waals surface area (Å²) in [5.74, 6) is 4.65. The molecule has 0 spiro atoms. The van der Waals surface area contributed by atoms with Gasteiger partial charge in [0.15, 0.2) is 0 Å². The van der Waals surface area contributed by atoms with Crippen LogP contribution < -0.4 is 5.32 Å². The van der Waals surface area contributed by atoms with Crippen LogP contribution >= 0.6 is 0 Å². The maximum Gasteiger partial charge on any atom is 0.0880 e. The molecule has 4 aliphatic carbocycles. The molecule has 33 heavy (non-hydrogen) atoms. The summed E-state index contributed by atoms with van der Waals surface area (Å²) in [6.07, 6.45) is 17.4. The van der Waals surface area contributed by atoms with Crippen molar-refractivity contribution in [2.45, 2.75) is 104 Å². The molecule has 5 fully saturated rings. The number of rotatable bonds is 7. The van der Waals surface area contributed by atoms with E-state index in [9.17, 15) is 0 Å². The van der Waals surface area contributed by atoms with Crippen molar-refractivity contribution in [2.75, 3.05) is 33.3 Å². The van der Waals surface area contributed by atoms with E-state index >= 15 is 0 Å². The molecule has 1 heterocycles. The fourth-order valence-electron chi connectivity index (χ4n) is 9.79. The lowest BCUT2D eigenvalue weighted by atomic mass is 9.45. The number of fused-ring (bicyclic) bond motifs is 5. The molecular weight excluding hydrogens is 406 g/mol. The molecule has 1 N–H and O–H groups in total. The first kappa shape index (κ1) is 24.3. The zero-order valence-corrected chi connectivity index (χ0v) is 22.1. The van der Waals surface area contributed by atoms with Gasteiger partial charge >= 0.3 is 0 Å². The minimum atomic E-state index is 0.485. The number of aliphatic imine (C=N–C) groups is 1. The van der Waals surface area contributed by atoms with Crippen molar-refractivity contribution in [2.24, 2.45) is 45.4 Å². The van der Waals surface area contributed by atoms with Crippen molar-refractivity contribution in [3.63, 3.8) is 0 Å². The third-order valence-electron chi connectivity index (χ3n) is 11.5. The van der Waals surface area contributed by atoms with Crippen LogP contribution in [0.15, 0.2) is 4.99 Å². The van der Waals surface area contributed by atoms with E-state index in [0.717, 1.165) is 43.3 Å². The average Bonchev–Trinajstić information content (AvgIpc) is 3.43. The van der Waals surface area contributed by atoms with Crippen molar-refractivity contribution in [3.8, 4) is 0 Å². The fourth-order valence-corrected chi connectivity index (χ4v) is 9.79. The predicted octanol–water partition coefficient (Wildman–Crippen LogP) is 6.11. The van der Waals surface area contributed by atoms with Crippen LogP contribution in [0, 0.1) is 40.4 Å². The zero-order valence-electron chi connectivity index (χ0n) is 22.1. The van der Waals surface area contributed by atoms with Crippen LogP contribution in [0.4, 0.5) is 0 Å². The Labute approximate surface area is 203 Å². The van der Waals surface area contributed by atoms with Gasteiger partial charge in [-0.25, -0.2) is 0 Å². The van der Waals surface area contributed by atoms with E-state index in [0.29, 0.717) is 29.4 Å². The van der Waals surface area contributed by atoms with E-state index in [1.807, 2.05) is 5.06 Å². The van der Waals surface area contributed by atoms with E-state index in [1.165, 1.54) is 82.8 Å². The number of nitrogens with zero attached hydrogens (tertiary/aromatic N) is 2. The molecule has 0 radical (unpaired) electrons. The molecule has 0 aromatic rings. The predicted molar refractivity (Wildman–Crippen MR) is 137 cm³/mol. The molecule has 4 saturated carbocycles. The van der Waals surface area contributed by atoms with Gasteiger partial charge in [0.2, 0.25) is 0 Å². The first-order valence-electron chi connectivity index (χ1n) is 14.5. The summed E-state index contributed by atoms with van der Waals surface area (Å²) < 4.78 is 0. The Morgan fingerprint density at radius 3 is 2.61 bits per heavy atom. The van der Waals surface area contributed by atoms with Gasteiger partial charge in [-0.1, -0.05) is 26.7 Å². The van der Waals surface area contributed by atoms with Crippen LogP contribution in [-0.4, -0.2) is 50.1 Å². The van der Waals surface area contributed by atoms with Crippen LogP contribution in [0.2, 0.25) is 0 Å². The molecule has 0 aromatic heterocycles. The summed E-state index contributed by atoms with van der Waals surface area (Å²) in [6, 6.07) is 0.594. The minimum absolute atomic E-state index is 0.485. The van der Waals surface area contributed by atoms with E-state index in [-0.39, 0.29) is 0 Å². The van der Waals surface area contributed by atoms with Crippen LogP contribution in [0.1, 0.15) is 97.8 Å². The summed E-state index contributed by atoms with van der Waals surface area (Å²) in [5, 5.41) is 5.57. The highest BCUT2D eigenvalue weighted by Gasteiger charge is 2.59. The van der Waals surface area contributed by atoms with Gasteiger partial charge in [0, 0.05) is 31.3 Å². The topological polar surface area (TPSA) is 36.9 Å². The zero-order chi connectivity index (χ0) is 23.1. The summed E-state index contributed by atoms with van der Waals surface area (Å²) in [7, 11) is 2.07. The third kappa shape index (κ3) is 4.58. The lowest BCUT2D eigenvalue weighted by Gasteiger charge is -2.60. The minimum Gasteiger partial charge on any atom is -0.313 e. The Morgan fingerprint density at radius 1 is 0.939 bits per heavy atom. The van der Waals surface area contributed by atoms with Crippen LogP contribution in [-0.2, 0) is 4.84 Å². The fraction of sp³-hybridized carbons (Fsp3) is 0.966. The lowest BCUT2D eigenvalue weighted by molar-refractivity contribution is -0.139. The second-order valence-corrected chi connectivity index (χ2v) is 13.0. The number of hydrogen-bond donors (Lipinski definition) is 1. The van der Waals surface area contributed by atoms with Gasteiger partial charge in [0.25, 0.3) is 0 Å². The van der Waals surface area contributed by atoms with Crippen LogP contribution in [0.5, 0.6) is 0 Å². The molecule has 5 aliphatic rings. The van der Waals surface area contributed by atoms with Crippen molar-refractivity contribution in [1.29, 1.82) is 0 Å².